The van der Waals surface area contributed by atoms with Gasteiger partial charge in [0.05, 0.1) is 14.2 Å². The molecule has 128 valence electrons. The molecule has 0 bridgehead atoms. The highest BCUT2D eigenvalue weighted by Crippen LogP contribution is 2.27. The van der Waals surface area contributed by atoms with Gasteiger partial charge in [0.1, 0.15) is 16.3 Å². The molecule has 1 rings (SSSR count). The van der Waals surface area contributed by atoms with Crippen LogP contribution in [-0.2, 0) is 19.1 Å². The van der Waals surface area contributed by atoms with Crippen LogP contribution in [0.15, 0.2) is 23.8 Å². The third-order valence-corrected chi connectivity index (χ3v) is 3.81. The van der Waals surface area contributed by atoms with Gasteiger partial charge in [-0.15, -0.1) is 0 Å². The third kappa shape index (κ3) is 4.31. The van der Waals surface area contributed by atoms with E-state index in [9.17, 15) is 9.59 Å². The molecule has 23 heavy (non-hydrogen) atoms. The molecule has 1 aliphatic rings. The molecule has 0 unspecified atom stereocenters. The van der Waals surface area contributed by atoms with E-state index in [-0.39, 0.29) is 16.5 Å². The molecule has 1 aliphatic heterocycles. The Labute approximate surface area is 142 Å². The van der Waals surface area contributed by atoms with E-state index in [2.05, 4.69) is 11.7 Å². The van der Waals surface area contributed by atoms with Gasteiger partial charge < -0.3 is 19.3 Å². The van der Waals surface area contributed by atoms with E-state index < -0.39 is 11.9 Å². The Hall–Kier alpha value is -1.89. The second kappa shape index (κ2) is 8.67. The number of rotatable bonds is 7. The molecule has 6 nitrogen and oxygen atoms in total. The van der Waals surface area contributed by atoms with E-state index in [1.807, 2.05) is 36.0 Å². The zero-order chi connectivity index (χ0) is 17.6. The molecule has 0 saturated carbocycles. The molecule has 0 atom stereocenters. The number of carbonyl (C=O) groups is 2. The van der Waals surface area contributed by atoms with Crippen molar-refractivity contribution in [2.45, 2.75) is 39.7 Å². The lowest BCUT2D eigenvalue weighted by molar-refractivity contribution is -0.137. The van der Waals surface area contributed by atoms with E-state index in [4.69, 9.17) is 17.0 Å². The summed E-state index contributed by atoms with van der Waals surface area (Å²) in [5.74, 6) is -0.805. The van der Waals surface area contributed by atoms with Crippen molar-refractivity contribution in [3.05, 3.63) is 23.8 Å². The fourth-order valence-electron chi connectivity index (χ4n) is 2.22. The van der Waals surface area contributed by atoms with Gasteiger partial charge >= 0.3 is 11.9 Å². The average Bonchev–Trinajstić information content (AvgIpc) is 2.95. The van der Waals surface area contributed by atoms with E-state index >= 15 is 0 Å². The number of methoxy groups -OCH3 is 2. The summed E-state index contributed by atoms with van der Waals surface area (Å²) in [5.41, 5.74) is 0.0594. The summed E-state index contributed by atoms with van der Waals surface area (Å²) in [7, 11) is 2.50. The predicted molar refractivity (Wildman–Crippen MR) is 91.4 cm³/mol. The van der Waals surface area contributed by atoms with Gasteiger partial charge in [0.25, 0.3) is 0 Å². The van der Waals surface area contributed by atoms with Crippen LogP contribution in [0.3, 0.4) is 0 Å². The predicted octanol–water partition coefficient (Wildman–Crippen LogP) is 2.21. The summed E-state index contributed by atoms with van der Waals surface area (Å²) in [4.78, 5) is 27.8. The Balaban J connectivity index is 3.42. The summed E-state index contributed by atoms with van der Waals surface area (Å²) in [6.45, 7) is 6.78. The van der Waals surface area contributed by atoms with Crippen LogP contribution in [-0.4, -0.2) is 53.4 Å². The molecule has 0 fully saturated rings. The number of unbranched alkanes of at least 4 members (excludes halogenated alkanes) is 1. The maximum Gasteiger partial charge on any atom is 0.349 e. The number of esters is 2. The molecule has 0 aliphatic carbocycles. The number of carbonyl (C=O) groups excluding carboxylic acids is 2. The van der Waals surface area contributed by atoms with Gasteiger partial charge in [-0.3, -0.25) is 0 Å². The number of hydrogen-bond acceptors (Lipinski definition) is 7. The second-order valence-electron chi connectivity index (χ2n) is 5.36. The lowest BCUT2D eigenvalue weighted by Gasteiger charge is -2.29. The smallest absolute Gasteiger partial charge is 0.349 e. The fraction of sp³-hybridized carbons (Fsp3) is 0.562. The van der Waals surface area contributed by atoms with Gasteiger partial charge in [-0.25, -0.2) is 9.59 Å². The topological polar surface area (TPSA) is 59.1 Å². The van der Waals surface area contributed by atoms with E-state index in [1.165, 1.54) is 14.2 Å². The molecule has 7 heteroatoms. The fourth-order valence-corrected chi connectivity index (χ4v) is 2.48. The van der Waals surface area contributed by atoms with Crippen molar-refractivity contribution in [1.29, 1.82) is 0 Å². The van der Waals surface area contributed by atoms with Crippen LogP contribution in [0.25, 0.3) is 0 Å². The van der Waals surface area contributed by atoms with Gasteiger partial charge in [-0.2, -0.15) is 0 Å². The van der Waals surface area contributed by atoms with Crippen molar-refractivity contribution in [1.82, 2.24) is 9.80 Å². The largest absolute Gasteiger partial charge is 0.465 e. The summed E-state index contributed by atoms with van der Waals surface area (Å²) in [5, 5.41) is 0. The minimum atomic E-state index is -0.723. The van der Waals surface area contributed by atoms with E-state index in [1.54, 1.807) is 0 Å². The zero-order valence-electron chi connectivity index (χ0n) is 14.3. The van der Waals surface area contributed by atoms with E-state index in [0.29, 0.717) is 5.82 Å². The lowest BCUT2D eigenvalue weighted by Crippen LogP contribution is -2.35. The van der Waals surface area contributed by atoms with Crippen LogP contribution >= 0.6 is 12.2 Å². The van der Waals surface area contributed by atoms with Gasteiger partial charge in [0.15, 0.2) is 0 Å². The Morgan fingerprint density at radius 3 is 2.26 bits per heavy atom. The maximum atomic E-state index is 12.3. The van der Waals surface area contributed by atoms with Crippen molar-refractivity contribution in [3.63, 3.8) is 0 Å². The molecular formula is C16H24N2O4S. The summed E-state index contributed by atoms with van der Waals surface area (Å²) < 4.78 is 9.53. The Kier molecular flexibility index (Phi) is 7.22. The molecule has 0 N–H and O–H groups in total. The summed E-state index contributed by atoms with van der Waals surface area (Å²) in [6, 6.07) is 0.0907. The van der Waals surface area contributed by atoms with Crippen LogP contribution in [0, 0.1) is 0 Å². The first-order valence-electron chi connectivity index (χ1n) is 7.57. The normalized spacial score (nSPS) is 15.9. The Morgan fingerprint density at radius 1 is 1.17 bits per heavy atom. The van der Waals surface area contributed by atoms with Crippen molar-refractivity contribution in [2.24, 2.45) is 0 Å². The molecule has 0 saturated heterocycles. The maximum absolute atomic E-state index is 12.3. The molecule has 0 radical (unpaired) electrons. The lowest BCUT2D eigenvalue weighted by atomic mass is 10.1. The van der Waals surface area contributed by atoms with Crippen molar-refractivity contribution in [2.75, 3.05) is 20.8 Å². The van der Waals surface area contributed by atoms with Crippen LogP contribution in [0.1, 0.15) is 33.6 Å². The van der Waals surface area contributed by atoms with Crippen LogP contribution in [0.4, 0.5) is 0 Å². The van der Waals surface area contributed by atoms with Gasteiger partial charge in [0, 0.05) is 25.0 Å². The Morgan fingerprint density at radius 2 is 1.78 bits per heavy atom. The van der Waals surface area contributed by atoms with E-state index in [0.717, 1.165) is 19.4 Å². The SMILES string of the molecule is CCCCN1C=CN(C(C)C)C1=C(C(=O)OC)C(=S)C(=O)OC. The third-order valence-electron chi connectivity index (χ3n) is 3.44. The van der Waals surface area contributed by atoms with Crippen LogP contribution < -0.4 is 0 Å². The van der Waals surface area contributed by atoms with Crippen LogP contribution in [0.2, 0.25) is 0 Å². The average molecular weight is 340 g/mol. The number of ether oxygens (including phenoxy) is 2. The molecule has 0 aromatic rings. The van der Waals surface area contributed by atoms with Crippen molar-refractivity contribution < 1.29 is 19.1 Å². The summed E-state index contributed by atoms with van der Waals surface area (Å²) in [6.07, 6.45) is 5.71. The second-order valence-corrected chi connectivity index (χ2v) is 5.77. The first-order chi connectivity index (χ1) is 10.9. The highest BCUT2D eigenvalue weighted by atomic mass is 32.1. The molecular weight excluding hydrogens is 316 g/mol. The molecule has 0 aromatic carbocycles. The first-order valence-corrected chi connectivity index (χ1v) is 7.98. The van der Waals surface area contributed by atoms with Crippen molar-refractivity contribution in [3.8, 4) is 0 Å². The number of thiocarbonyl (C=S) groups is 1. The number of hydrogen-bond donors (Lipinski definition) is 0. The van der Waals surface area contributed by atoms with Crippen molar-refractivity contribution >= 4 is 29.0 Å². The monoisotopic (exact) mass is 340 g/mol. The quantitative estimate of drug-likeness (QED) is 0.400. The molecule has 0 aromatic heterocycles. The molecule has 1 heterocycles. The van der Waals surface area contributed by atoms with Gasteiger partial charge in [-0.1, -0.05) is 25.6 Å². The zero-order valence-corrected chi connectivity index (χ0v) is 15.1. The summed E-state index contributed by atoms with van der Waals surface area (Å²) >= 11 is 5.17. The Bertz CT molecular complexity index is 540. The highest BCUT2D eigenvalue weighted by molar-refractivity contribution is 7.82. The van der Waals surface area contributed by atoms with Gasteiger partial charge in [-0.05, 0) is 20.3 Å². The first kappa shape index (κ1) is 19.2. The number of nitrogens with zero attached hydrogens (tertiary/aromatic N) is 2. The molecule has 0 amide bonds. The minimum absolute atomic E-state index is 0.0594. The standard InChI is InChI=1S/C16H24N2O4S/c1-6-7-8-17-9-10-18(11(2)3)14(17)12(15(19)21-4)13(23)16(20)22-5/h9-11H,6-8H2,1-5H3. The molecule has 0 spiro atoms. The highest BCUT2D eigenvalue weighted by Gasteiger charge is 2.34. The minimum Gasteiger partial charge on any atom is -0.465 e. The van der Waals surface area contributed by atoms with Gasteiger partial charge in [0.2, 0.25) is 0 Å². The van der Waals surface area contributed by atoms with Crippen LogP contribution in [0.5, 0.6) is 0 Å².